The molecule has 0 aliphatic carbocycles. The predicted molar refractivity (Wildman–Crippen MR) is 133 cm³/mol. The first-order valence-corrected chi connectivity index (χ1v) is 20.1. The molecule has 0 aliphatic heterocycles. The molecular weight excluding hydrogens is 459 g/mol. The quantitative estimate of drug-likeness (QED) is 0.133. The second-order valence-electron chi connectivity index (χ2n) is 9.57. The van der Waals surface area contributed by atoms with Crippen molar-refractivity contribution < 1.29 is 3.07 Å². The fraction of sp³-hybridized carbons (Fsp3) is 0.778. The van der Waals surface area contributed by atoms with E-state index in [4.69, 9.17) is 3.07 Å². The normalized spacial score (nSPS) is 11.9. The van der Waals surface area contributed by atoms with Gasteiger partial charge in [0.1, 0.15) is 0 Å². The molecule has 1 rings (SSSR count). The Morgan fingerprint density at radius 2 is 1.14 bits per heavy atom. The zero-order valence-electron chi connectivity index (χ0n) is 20.2. The number of hydrogen-bond acceptors (Lipinski definition) is 1. The molecule has 1 aromatic rings. The van der Waals surface area contributed by atoms with Gasteiger partial charge in [0.2, 0.25) is 0 Å². The van der Waals surface area contributed by atoms with Crippen molar-refractivity contribution in [1.29, 1.82) is 0 Å². The SMILES string of the molecule is CCC[CH2][Sn]([CH2]CCC)([CH2]CCCCCCCCCC(C)C)[O]c1ccccc1. The number of rotatable bonds is 19. The minimum atomic E-state index is -2.56. The molecule has 0 fully saturated rings. The van der Waals surface area contributed by atoms with Crippen LogP contribution in [0.5, 0.6) is 5.75 Å². The topological polar surface area (TPSA) is 9.23 Å². The summed E-state index contributed by atoms with van der Waals surface area (Å²) in [7, 11) is 0. The van der Waals surface area contributed by atoms with E-state index in [9.17, 15) is 0 Å². The van der Waals surface area contributed by atoms with Crippen molar-refractivity contribution in [3.05, 3.63) is 30.3 Å². The van der Waals surface area contributed by atoms with Gasteiger partial charge in [0, 0.05) is 0 Å². The molecule has 0 N–H and O–H groups in total. The first-order valence-electron chi connectivity index (χ1n) is 12.9. The van der Waals surface area contributed by atoms with Crippen molar-refractivity contribution in [3.63, 3.8) is 0 Å². The Balaban J connectivity index is 2.39. The average molecular weight is 509 g/mol. The molecule has 0 saturated heterocycles. The molecule has 168 valence electrons. The van der Waals surface area contributed by atoms with Crippen LogP contribution in [0.2, 0.25) is 13.3 Å². The molecule has 0 unspecified atom stereocenters. The third-order valence-corrected chi connectivity index (χ3v) is 19.0. The third-order valence-electron chi connectivity index (χ3n) is 6.21. The van der Waals surface area contributed by atoms with Crippen molar-refractivity contribution in [3.8, 4) is 5.75 Å². The summed E-state index contributed by atoms with van der Waals surface area (Å²) in [5.41, 5.74) is 0. The van der Waals surface area contributed by atoms with E-state index in [1.807, 2.05) is 0 Å². The van der Waals surface area contributed by atoms with Gasteiger partial charge in [0.05, 0.1) is 0 Å². The molecule has 1 aromatic carbocycles. The van der Waals surface area contributed by atoms with Gasteiger partial charge in [-0.2, -0.15) is 0 Å². The zero-order valence-corrected chi connectivity index (χ0v) is 23.0. The van der Waals surface area contributed by atoms with Crippen molar-refractivity contribution in [2.24, 2.45) is 5.92 Å². The summed E-state index contributed by atoms with van der Waals surface area (Å²) in [6, 6.07) is 10.7. The molecule has 29 heavy (non-hydrogen) atoms. The van der Waals surface area contributed by atoms with E-state index in [0.29, 0.717) is 0 Å². The van der Waals surface area contributed by atoms with E-state index >= 15 is 0 Å². The average Bonchev–Trinajstić information content (AvgIpc) is 2.72. The Kier molecular flexibility index (Phi) is 16.2. The van der Waals surface area contributed by atoms with Crippen LogP contribution >= 0.6 is 0 Å². The summed E-state index contributed by atoms with van der Waals surface area (Å²) in [6.45, 7) is 9.35. The van der Waals surface area contributed by atoms with Crippen LogP contribution in [0, 0.1) is 5.92 Å². The van der Waals surface area contributed by atoms with Crippen molar-refractivity contribution in [2.75, 3.05) is 0 Å². The molecule has 0 spiro atoms. The van der Waals surface area contributed by atoms with Gasteiger partial charge in [-0.15, -0.1) is 0 Å². The minimum absolute atomic E-state index is 0.875. The van der Waals surface area contributed by atoms with Gasteiger partial charge in [-0.05, 0) is 0 Å². The van der Waals surface area contributed by atoms with Crippen LogP contribution in [0.4, 0.5) is 0 Å². The van der Waals surface area contributed by atoms with Crippen LogP contribution in [0.3, 0.4) is 0 Å². The van der Waals surface area contributed by atoms with Crippen LogP contribution in [-0.4, -0.2) is 18.8 Å². The molecule has 2 heteroatoms. The second kappa shape index (κ2) is 17.5. The summed E-state index contributed by atoms with van der Waals surface area (Å²) in [6.07, 6.45) is 18.2. The number of benzene rings is 1. The van der Waals surface area contributed by atoms with Crippen molar-refractivity contribution in [2.45, 2.75) is 124 Å². The summed E-state index contributed by atoms with van der Waals surface area (Å²) >= 11 is -2.56. The summed E-state index contributed by atoms with van der Waals surface area (Å²) in [5, 5.41) is 0. The number of hydrogen-bond donors (Lipinski definition) is 0. The predicted octanol–water partition coefficient (Wildman–Crippen LogP) is 9.78. The summed E-state index contributed by atoms with van der Waals surface area (Å²) < 4.78 is 11.2. The van der Waals surface area contributed by atoms with Gasteiger partial charge in [-0.1, -0.05) is 0 Å². The fourth-order valence-corrected chi connectivity index (χ4v) is 17.4. The molecule has 0 radical (unpaired) electrons. The zero-order chi connectivity index (χ0) is 21.2. The molecule has 0 saturated carbocycles. The first kappa shape index (κ1) is 26.9. The van der Waals surface area contributed by atoms with Crippen LogP contribution in [0.1, 0.15) is 111 Å². The summed E-state index contributed by atoms with van der Waals surface area (Å²) in [5.74, 6) is 2.02. The first-order chi connectivity index (χ1) is 14.1. The van der Waals surface area contributed by atoms with Gasteiger partial charge in [0.15, 0.2) is 0 Å². The Labute approximate surface area is 187 Å². The van der Waals surface area contributed by atoms with Crippen LogP contribution in [0.25, 0.3) is 0 Å². The van der Waals surface area contributed by atoms with Gasteiger partial charge in [-0.3, -0.25) is 0 Å². The van der Waals surface area contributed by atoms with E-state index in [1.165, 1.54) is 96.8 Å². The molecule has 0 aliphatic rings. The molecule has 0 bridgehead atoms. The standard InChI is InChI=1S/C13H27.C6H6O.2C4H9.Sn/c1-4-5-6-7-8-9-10-11-12-13(2)3;7-6-4-2-1-3-5-6;2*1-3-4-2;/h13H,1,4-12H2,2-3H3;1-5,7H;2*1,3-4H2,2H3;/q;;;;+1/p-1. The fourth-order valence-electron chi connectivity index (χ4n) is 4.32. The maximum atomic E-state index is 6.91. The van der Waals surface area contributed by atoms with Crippen molar-refractivity contribution >= 4 is 18.8 Å². The number of para-hydroxylation sites is 1. The van der Waals surface area contributed by atoms with E-state index in [1.54, 1.807) is 0 Å². The van der Waals surface area contributed by atoms with Gasteiger partial charge >= 0.3 is 188 Å². The van der Waals surface area contributed by atoms with Crippen LogP contribution in [-0.2, 0) is 0 Å². The Bertz CT molecular complexity index is 463. The Morgan fingerprint density at radius 1 is 0.655 bits per heavy atom. The Morgan fingerprint density at radius 3 is 1.66 bits per heavy atom. The second-order valence-corrected chi connectivity index (χ2v) is 21.2. The molecule has 0 atom stereocenters. The maximum absolute atomic E-state index is 6.91. The van der Waals surface area contributed by atoms with Crippen LogP contribution < -0.4 is 3.07 Å². The van der Waals surface area contributed by atoms with E-state index in [2.05, 4.69) is 58.0 Å². The molecule has 0 heterocycles. The Hall–Kier alpha value is -0.181. The van der Waals surface area contributed by atoms with Gasteiger partial charge in [0.25, 0.3) is 0 Å². The van der Waals surface area contributed by atoms with Crippen LogP contribution in [0.15, 0.2) is 30.3 Å². The molecule has 0 aromatic heterocycles. The van der Waals surface area contributed by atoms with Gasteiger partial charge in [-0.25, -0.2) is 0 Å². The van der Waals surface area contributed by atoms with Crippen molar-refractivity contribution in [1.82, 2.24) is 0 Å². The molecular formula is C27H50OSn. The van der Waals surface area contributed by atoms with E-state index < -0.39 is 18.8 Å². The monoisotopic (exact) mass is 510 g/mol. The third kappa shape index (κ3) is 13.7. The molecule has 1 nitrogen and oxygen atoms in total. The number of unbranched alkanes of at least 4 members (excludes halogenated alkanes) is 9. The molecule has 0 amide bonds. The van der Waals surface area contributed by atoms with E-state index in [0.717, 1.165) is 11.7 Å². The van der Waals surface area contributed by atoms with E-state index in [-0.39, 0.29) is 0 Å². The van der Waals surface area contributed by atoms with Gasteiger partial charge < -0.3 is 0 Å². The summed E-state index contributed by atoms with van der Waals surface area (Å²) in [4.78, 5) is 0.